The van der Waals surface area contributed by atoms with E-state index >= 15 is 0 Å². The van der Waals surface area contributed by atoms with Gasteiger partial charge in [-0.05, 0) is 61.9 Å². The molecule has 2 amide bonds. The Hall–Kier alpha value is -2.77. The van der Waals surface area contributed by atoms with E-state index in [0.29, 0.717) is 22.9 Å². The minimum atomic E-state index is -0.793. The Bertz CT molecular complexity index is 1090. The molecule has 0 aromatic heterocycles. The zero-order valence-corrected chi connectivity index (χ0v) is 17.5. The van der Waals surface area contributed by atoms with Gasteiger partial charge in [0.25, 0.3) is 0 Å². The average molecular weight is 443 g/mol. The van der Waals surface area contributed by atoms with E-state index < -0.39 is 29.6 Å². The highest BCUT2D eigenvalue weighted by Crippen LogP contribution is 2.49. The summed E-state index contributed by atoms with van der Waals surface area (Å²) in [4.78, 5) is 43.6. The van der Waals surface area contributed by atoms with Crippen molar-refractivity contribution in [2.24, 2.45) is 11.8 Å². The number of carbonyl (C=O) groups is 3. The Morgan fingerprint density at radius 3 is 2.52 bits per heavy atom. The Morgan fingerprint density at radius 1 is 1.10 bits per heavy atom. The van der Waals surface area contributed by atoms with Crippen LogP contribution in [0, 0.1) is 17.7 Å². The molecule has 3 fully saturated rings. The van der Waals surface area contributed by atoms with E-state index in [-0.39, 0.29) is 23.4 Å². The van der Waals surface area contributed by atoms with Gasteiger partial charge >= 0.3 is 0 Å². The van der Waals surface area contributed by atoms with E-state index in [2.05, 4.69) is 0 Å². The Morgan fingerprint density at radius 2 is 1.81 bits per heavy atom. The van der Waals surface area contributed by atoms with Crippen molar-refractivity contribution in [1.29, 1.82) is 0 Å². The largest absolute Gasteiger partial charge is 0.495 e. The van der Waals surface area contributed by atoms with E-state index in [1.54, 1.807) is 12.1 Å². The number of carbonyl (C=O) groups excluding carboxylic acids is 3. The van der Waals surface area contributed by atoms with Gasteiger partial charge in [-0.15, -0.1) is 0 Å². The number of fused-ring (bicyclic) bond motifs is 3. The van der Waals surface area contributed by atoms with Crippen molar-refractivity contribution in [1.82, 2.24) is 4.90 Å². The third kappa shape index (κ3) is 2.98. The van der Waals surface area contributed by atoms with Crippen LogP contribution in [0.25, 0.3) is 0 Å². The molecule has 0 spiro atoms. The molecule has 3 aliphatic heterocycles. The number of amides is 2. The summed E-state index contributed by atoms with van der Waals surface area (Å²) in [6.07, 6.45) is 1.59. The number of imide groups is 1. The quantitative estimate of drug-likeness (QED) is 0.536. The van der Waals surface area contributed by atoms with Crippen molar-refractivity contribution < 1.29 is 23.5 Å². The number of anilines is 1. The number of benzene rings is 2. The Balaban J connectivity index is 1.57. The maximum atomic E-state index is 13.6. The number of rotatable bonds is 4. The molecule has 31 heavy (non-hydrogen) atoms. The van der Waals surface area contributed by atoms with Crippen LogP contribution in [0.4, 0.5) is 10.1 Å². The van der Waals surface area contributed by atoms with E-state index in [0.717, 1.165) is 17.7 Å². The monoisotopic (exact) mass is 442 g/mol. The Labute approximate surface area is 183 Å². The van der Waals surface area contributed by atoms with E-state index in [4.69, 9.17) is 16.3 Å². The lowest BCUT2D eigenvalue weighted by Crippen LogP contribution is -2.46. The van der Waals surface area contributed by atoms with Crippen molar-refractivity contribution in [2.75, 3.05) is 18.6 Å². The first-order chi connectivity index (χ1) is 14.9. The molecule has 160 valence electrons. The fraction of sp³-hybridized carbons (Fsp3) is 0.348. The first kappa shape index (κ1) is 20.2. The summed E-state index contributed by atoms with van der Waals surface area (Å²) in [5, 5.41) is 0.370. The normalized spacial score (nSPS) is 27.5. The lowest BCUT2D eigenvalue weighted by Gasteiger charge is -2.28. The van der Waals surface area contributed by atoms with Crippen LogP contribution in [-0.2, 0) is 9.59 Å². The number of Topliss-reactive ketones (excluding diaryl/α,β-unsaturated/α-hetero) is 1. The first-order valence-corrected chi connectivity index (χ1v) is 10.6. The lowest BCUT2D eigenvalue weighted by molar-refractivity contribution is -0.123. The highest BCUT2D eigenvalue weighted by Gasteiger charge is 2.65. The van der Waals surface area contributed by atoms with Gasteiger partial charge in [0.2, 0.25) is 11.8 Å². The van der Waals surface area contributed by atoms with Gasteiger partial charge in [-0.3, -0.25) is 19.3 Å². The van der Waals surface area contributed by atoms with Crippen LogP contribution in [-0.4, -0.2) is 48.2 Å². The smallest absolute Gasteiger partial charge is 0.239 e. The van der Waals surface area contributed by atoms with Gasteiger partial charge in [-0.25, -0.2) is 9.29 Å². The maximum Gasteiger partial charge on any atom is 0.239 e. The second-order valence-electron chi connectivity index (χ2n) is 8.14. The molecule has 8 heteroatoms. The molecule has 4 atom stereocenters. The molecule has 3 aliphatic rings. The van der Waals surface area contributed by atoms with Crippen LogP contribution in [0.1, 0.15) is 23.2 Å². The number of hydrogen-bond acceptors (Lipinski definition) is 5. The molecule has 2 aromatic rings. The number of ketones is 1. The second kappa shape index (κ2) is 7.43. The molecule has 0 bridgehead atoms. The molecule has 5 rings (SSSR count). The molecule has 2 aromatic carbocycles. The molecule has 0 N–H and O–H groups in total. The number of hydrogen-bond donors (Lipinski definition) is 0. The summed E-state index contributed by atoms with van der Waals surface area (Å²) in [5.74, 6) is -2.50. The Kier molecular flexibility index (Phi) is 4.83. The summed E-state index contributed by atoms with van der Waals surface area (Å²) < 4.78 is 18.7. The zero-order chi connectivity index (χ0) is 21.9. The molecule has 3 saturated heterocycles. The number of halogens is 2. The van der Waals surface area contributed by atoms with E-state index in [1.165, 1.54) is 37.4 Å². The molecule has 3 heterocycles. The summed E-state index contributed by atoms with van der Waals surface area (Å²) in [6, 6.07) is 9.13. The molecule has 6 nitrogen and oxygen atoms in total. The lowest BCUT2D eigenvalue weighted by atomic mass is 9.85. The molecule has 0 saturated carbocycles. The van der Waals surface area contributed by atoms with Gasteiger partial charge in [-0.2, -0.15) is 0 Å². The van der Waals surface area contributed by atoms with Gasteiger partial charge in [0.1, 0.15) is 11.6 Å². The second-order valence-corrected chi connectivity index (χ2v) is 8.58. The van der Waals surface area contributed by atoms with Crippen molar-refractivity contribution in [3.05, 3.63) is 58.9 Å². The minimum Gasteiger partial charge on any atom is -0.495 e. The SMILES string of the molecule is COc1ccc(Cl)cc1N1C(=O)[C@@H]2[C@H](C1=O)[C@H]1CCCN1[C@@H]2C(=O)c1ccc(F)cc1. The van der Waals surface area contributed by atoms with Crippen molar-refractivity contribution in [3.8, 4) is 5.75 Å². The third-order valence-electron chi connectivity index (χ3n) is 6.63. The summed E-state index contributed by atoms with van der Waals surface area (Å²) in [5.41, 5.74) is 0.619. The topological polar surface area (TPSA) is 66.9 Å². The first-order valence-electron chi connectivity index (χ1n) is 10.2. The van der Waals surface area contributed by atoms with Crippen LogP contribution < -0.4 is 9.64 Å². The highest BCUT2D eigenvalue weighted by atomic mass is 35.5. The fourth-order valence-corrected chi connectivity index (χ4v) is 5.54. The van der Waals surface area contributed by atoms with Gasteiger partial charge in [0.05, 0.1) is 30.7 Å². The number of nitrogens with zero attached hydrogens (tertiary/aromatic N) is 2. The van der Waals surface area contributed by atoms with Gasteiger partial charge in [-0.1, -0.05) is 11.6 Å². The molecule has 0 aliphatic carbocycles. The van der Waals surface area contributed by atoms with Gasteiger partial charge in [0, 0.05) is 16.6 Å². The number of methoxy groups -OCH3 is 1. The van der Waals surface area contributed by atoms with Crippen LogP contribution in [0.5, 0.6) is 5.75 Å². The maximum absolute atomic E-state index is 13.6. The third-order valence-corrected chi connectivity index (χ3v) is 6.87. The van der Waals surface area contributed by atoms with E-state index in [1.807, 2.05) is 4.90 Å². The molecule has 0 radical (unpaired) electrons. The summed E-state index contributed by atoms with van der Waals surface area (Å²) in [7, 11) is 1.46. The van der Waals surface area contributed by atoms with Crippen LogP contribution in [0.3, 0.4) is 0 Å². The molecular weight excluding hydrogens is 423 g/mol. The van der Waals surface area contributed by atoms with Crippen molar-refractivity contribution in [3.63, 3.8) is 0 Å². The van der Waals surface area contributed by atoms with Gasteiger partial charge < -0.3 is 4.74 Å². The van der Waals surface area contributed by atoms with Gasteiger partial charge in [0.15, 0.2) is 5.78 Å². The van der Waals surface area contributed by atoms with Crippen LogP contribution >= 0.6 is 11.6 Å². The van der Waals surface area contributed by atoms with Crippen molar-refractivity contribution in [2.45, 2.75) is 24.9 Å². The number of ether oxygens (including phenoxy) is 1. The molecular formula is C23H20ClFN2O4. The van der Waals surface area contributed by atoms with Crippen LogP contribution in [0.2, 0.25) is 5.02 Å². The minimum absolute atomic E-state index is 0.175. The molecule has 0 unspecified atom stereocenters. The summed E-state index contributed by atoms with van der Waals surface area (Å²) in [6.45, 7) is 0.649. The average Bonchev–Trinajstić information content (AvgIpc) is 3.40. The van der Waals surface area contributed by atoms with E-state index in [9.17, 15) is 18.8 Å². The predicted molar refractivity (Wildman–Crippen MR) is 112 cm³/mol. The standard InChI is InChI=1S/C23H20ClFN2O4/c1-31-17-9-6-13(24)11-16(17)27-22(29)18-15-3-2-10-26(15)20(19(18)23(27)30)21(28)12-4-7-14(25)8-5-12/h4-9,11,15,18-20H,2-3,10H2,1H3/t15-,18-,19-,20+/m1/s1. The zero-order valence-electron chi connectivity index (χ0n) is 16.8. The predicted octanol–water partition coefficient (Wildman–Crippen LogP) is 3.32. The van der Waals surface area contributed by atoms with Crippen LogP contribution in [0.15, 0.2) is 42.5 Å². The summed E-state index contributed by atoms with van der Waals surface area (Å²) >= 11 is 6.13. The van der Waals surface area contributed by atoms with Crippen molar-refractivity contribution >= 4 is 34.9 Å². The fourth-order valence-electron chi connectivity index (χ4n) is 5.38. The highest BCUT2D eigenvalue weighted by molar-refractivity contribution is 6.32.